The molecule has 0 saturated carbocycles. The van der Waals surface area contributed by atoms with E-state index in [0.29, 0.717) is 0 Å². The van der Waals surface area contributed by atoms with Crippen LogP contribution in [0.25, 0.3) is 0 Å². The number of aromatic carboxylic acids is 1. The molecule has 1 N–H and O–H groups in total. The molecule has 0 fully saturated rings. The Kier molecular flexibility index (Phi) is 4.49. The molecule has 86 valence electrons. The van der Waals surface area contributed by atoms with E-state index in [0.717, 1.165) is 0 Å². The van der Waals surface area contributed by atoms with Crippen molar-refractivity contribution >= 4 is 21.9 Å². The zero-order valence-electron chi connectivity index (χ0n) is 8.54. The van der Waals surface area contributed by atoms with Crippen molar-refractivity contribution in [3.63, 3.8) is 0 Å². The maximum absolute atomic E-state index is 13.6. The lowest BCUT2D eigenvalue weighted by Crippen LogP contribution is -2.02. The van der Waals surface area contributed by atoms with Gasteiger partial charge in [-0.3, -0.25) is 0 Å². The van der Waals surface area contributed by atoms with E-state index in [4.69, 9.17) is 9.84 Å². The molecule has 0 radical (unpaired) electrons. The zero-order chi connectivity index (χ0) is 12.1. The number of carboxylic acids is 1. The van der Waals surface area contributed by atoms with Crippen LogP contribution < -0.4 is 4.74 Å². The number of hydrogen-bond donors (Lipinski definition) is 1. The molecule has 0 aliphatic rings. The second-order valence-electron chi connectivity index (χ2n) is 2.92. The van der Waals surface area contributed by atoms with Crippen LogP contribution in [0.5, 0.6) is 5.75 Å². The van der Waals surface area contributed by atoms with Crippen LogP contribution in [0.2, 0.25) is 0 Å². The van der Waals surface area contributed by atoms with Crippen LogP contribution in [-0.4, -0.2) is 17.7 Å². The van der Waals surface area contributed by atoms with E-state index in [-0.39, 0.29) is 22.4 Å². The van der Waals surface area contributed by atoms with Crippen molar-refractivity contribution in [3.05, 3.63) is 40.1 Å². The van der Waals surface area contributed by atoms with Gasteiger partial charge in [0, 0.05) is 0 Å². The topological polar surface area (TPSA) is 46.5 Å². The Morgan fingerprint density at radius 3 is 2.88 bits per heavy atom. The summed E-state index contributed by atoms with van der Waals surface area (Å²) in [4.78, 5) is 10.7. The second kappa shape index (κ2) is 5.65. The summed E-state index contributed by atoms with van der Waals surface area (Å²) in [5.74, 6) is -1.87. The van der Waals surface area contributed by atoms with Gasteiger partial charge in [0.25, 0.3) is 0 Å². The average Bonchev–Trinajstić information content (AvgIpc) is 2.24. The van der Waals surface area contributed by atoms with E-state index < -0.39 is 11.8 Å². The van der Waals surface area contributed by atoms with Gasteiger partial charge in [-0.1, -0.05) is 12.2 Å². The molecule has 0 heterocycles. The van der Waals surface area contributed by atoms with Crippen molar-refractivity contribution in [1.82, 2.24) is 0 Å². The van der Waals surface area contributed by atoms with Crippen LogP contribution in [0.1, 0.15) is 17.3 Å². The summed E-state index contributed by atoms with van der Waals surface area (Å²) in [5, 5.41) is 8.75. The molecule has 1 aromatic rings. The number of hydrogen-bond acceptors (Lipinski definition) is 2. The third-order valence-electron chi connectivity index (χ3n) is 1.85. The summed E-state index contributed by atoms with van der Waals surface area (Å²) in [6.45, 7) is 2.06. The van der Waals surface area contributed by atoms with E-state index in [1.807, 2.05) is 6.92 Å². The summed E-state index contributed by atoms with van der Waals surface area (Å²) in [6, 6.07) is 2.59. The Hall–Kier alpha value is -1.36. The lowest BCUT2D eigenvalue weighted by atomic mass is 10.2. The first-order valence-corrected chi connectivity index (χ1v) is 5.32. The van der Waals surface area contributed by atoms with Gasteiger partial charge in [-0.2, -0.15) is 0 Å². The lowest BCUT2D eigenvalue weighted by Gasteiger charge is -2.07. The van der Waals surface area contributed by atoms with Crippen molar-refractivity contribution in [2.75, 3.05) is 6.61 Å². The van der Waals surface area contributed by atoms with Crippen LogP contribution in [-0.2, 0) is 0 Å². The molecule has 1 aromatic carbocycles. The maximum Gasteiger partial charge on any atom is 0.336 e. The normalized spacial score (nSPS) is 10.7. The standard InChI is InChI=1S/C11H10BrFO3/c1-2-3-6-16-8-5-4-7(11(14)15)9(12)10(8)13/h2-5H,6H2,1H3,(H,14,15)/b3-2+. The largest absolute Gasteiger partial charge is 0.486 e. The molecule has 3 nitrogen and oxygen atoms in total. The molecule has 0 saturated heterocycles. The van der Waals surface area contributed by atoms with Crippen molar-refractivity contribution < 1.29 is 19.0 Å². The molecule has 0 atom stereocenters. The highest BCUT2D eigenvalue weighted by Gasteiger charge is 2.16. The van der Waals surface area contributed by atoms with Crippen molar-refractivity contribution in [2.45, 2.75) is 6.92 Å². The van der Waals surface area contributed by atoms with Crippen LogP contribution in [0.4, 0.5) is 4.39 Å². The number of rotatable bonds is 4. The summed E-state index contributed by atoms with van der Waals surface area (Å²) in [5.41, 5.74) is -0.129. The zero-order valence-corrected chi connectivity index (χ0v) is 10.1. The number of benzene rings is 1. The number of carboxylic acid groups (broad SMARTS) is 1. The quantitative estimate of drug-likeness (QED) is 0.865. The first kappa shape index (κ1) is 12.7. The molecule has 0 aliphatic heterocycles. The predicted octanol–water partition coefficient (Wildman–Crippen LogP) is 3.24. The Bertz CT molecular complexity index is 429. The lowest BCUT2D eigenvalue weighted by molar-refractivity contribution is 0.0695. The molecule has 0 unspecified atom stereocenters. The van der Waals surface area contributed by atoms with Gasteiger partial charge in [0.1, 0.15) is 6.61 Å². The number of carbonyl (C=O) groups is 1. The van der Waals surface area contributed by atoms with Gasteiger partial charge in [-0.05, 0) is 35.0 Å². The van der Waals surface area contributed by atoms with Crippen LogP contribution in [0, 0.1) is 5.82 Å². The van der Waals surface area contributed by atoms with Gasteiger partial charge in [-0.25, -0.2) is 9.18 Å². The fourth-order valence-corrected chi connectivity index (χ4v) is 1.54. The van der Waals surface area contributed by atoms with Crippen molar-refractivity contribution in [1.29, 1.82) is 0 Å². The number of ether oxygens (including phenoxy) is 1. The van der Waals surface area contributed by atoms with Crippen LogP contribution in [0.15, 0.2) is 28.8 Å². The molecule has 0 amide bonds. The molecule has 5 heteroatoms. The smallest absolute Gasteiger partial charge is 0.336 e. The Labute approximate surface area is 101 Å². The average molecular weight is 289 g/mol. The minimum atomic E-state index is -1.19. The fourth-order valence-electron chi connectivity index (χ4n) is 1.04. The number of halogens is 2. The molecule has 0 bridgehead atoms. The highest BCUT2D eigenvalue weighted by atomic mass is 79.9. The summed E-state index contributed by atoms with van der Waals surface area (Å²) in [6.07, 6.45) is 3.50. The minimum Gasteiger partial charge on any atom is -0.486 e. The third kappa shape index (κ3) is 2.82. The third-order valence-corrected chi connectivity index (χ3v) is 2.62. The molecule has 0 aliphatic carbocycles. The SMILES string of the molecule is C/C=C/COc1ccc(C(=O)O)c(Br)c1F. The van der Waals surface area contributed by atoms with E-state index in [1.54, 1.807) is 12.2 Å². The summed E-state index contributed by atoms with van der Waals surface area (Å²) >= 11 is 2.89. The summed E-state index contributed by atoms with van der Waals surface area (Å²) in [7, 11) is 0. The first-order chi connectivity index (χ1) is 7.57. The minimum absolute atomic E-state index is 0.0231. The van der Waals surface area contributed by atoms with Gasteiger partial charge in [0.05, 0.1) is 10.0 Å². The van der Waals surface area contributed by atoms with E-state index in [2.05, 4.69) is 15.9 Å². The van der Waals surface area contributed by atoms with Crippen LogP contribution >= 0.6 is 15.9 Å². The number of allylic oxidation sites excluding steroid dienone is 1. The fraction of sp³-hybridized carbons (Fsp3) is 0.182. The van der Waals surface area contributed by atoms with Crippen LogP contribution in [0.3, 0.4) is 0 Å². The molecule has 1 rings (SSSR count). The summed E-state index contributed by atoms with van der Waals surface area (Å²) < 4.78 is 18.6. The molecular formula is C11H10BrFO3. The van der Waals surface area contributed by atoms with E-state index in [9.17, 15) is 9.18 Å². The van der Waals surface area contributed by atoms with E-state index >= 15 is 0 Å². The van der Waals surface area contributed by atoms with Gasteiger partial charge in [0.15, 0.2) is 11.6 Å². The maximum atomic E-state index is 13.6. The van der Waals surface area contributed by atoms with Crippen molar-refractivity contribution in [2.24, 2.45) is 0 Å². The highest BCUT2D eigenvalue weighted by Crippen LogP contribution is 2.28. The van der Waals surface area contributed by atoms with E-state index in [1.165, 1.54) is 12.1 Å². The van der Waals surface area contributed by atoms with Crippen molar-refractivity contribution in [3.8, 4) is 5.75 Å². The Morgan fingerprint density at radius 2 is 2.31 bits per heavy atom. The van der Waals surface area contributed by atoms with Gasteiger partial charge in [0.2, 0.25) is 0 Å². The molecule has 0 spiro atoms. The molecule has 0 aromatic heterocycles. The monoisotopic (exact) mass is 288 g/mol. The van der Waals surface area contributed by atoms with Gasteiger partial charge >= 0.3 is 5.97 Å². The highest BCUT2D eigenvalue weighted by molar-refractivity contribution is 9.10. The second-order valence-corrected chi connectivity index (χ2v) is 3.72. The van der Waals surface area contributed by atoms with Gasteiger partial charge in [-0.15, -0.1) is 0 Å². The molecule has 16 heavy (non-hydrogen) atoms. The Balaban J connectivity index is 2.97. The molecular weight excluding hydrogens is 279 g/mol. The van der Waals surface area contributed by atoms with Gasteiger partial charge < -0.3 is 9.84 Å². The predicted molar refractivity (Wildman–Crippen MR) is 61.4 cm³/mol. The first-order valence-electron chi connectivity index (χ1n) is 4.53. The Morgan fingerprint density at radius 1 is 1.62 bits per heavy atom.